The first-order valence-corrected chi connectivity index (χ1v) is 9.10. The number of rotatable bonds is 5. The van der Waals surface area contributed by atoms with E-state index in [9.17, 15) is 9.59 Å². The summed E-state index contributed by atoms with van der Waals surface area (Å²) in [4.78, 5) is 29.1. The number of carbonyl (C=O) groups excluding carboxylic acids is 2. The lowest BCUT2D eigenvalue weighted by Gasteiger charge is -2.08. The van der Waals surface area contributed by atoms with Crippen LogP contribution in [0.5, 0.6) is 11.5 Å². The average Bonchev–Trinajstić information content (AvgIpc) is 3.21. The van der Waals surface area contributed by atoms with Crippen molar-refractivity contribution >= 4 is 17.5 Å². The Morgan fingerprint density at radius 2 is 1.66 bits per heavy atom. The molecule has 4 rings (SSSR count). The van der Waals surface area contributed by atoms with Gasteiger partial charge in [-0.1, -0.05) is 35.9 Å². The molecular formula is C22H19N3O4. The van der Waals surface area contributed by atoms with Crippen molar-refractivity contribution in [1.29, 1.82) is 0 Å². The summed E-state index contributed by atoms with van der Waals surface area (Å²) >= 11 is 0. The Morgan fingerprint density at radius 1 is 0.931 bits per heavy atom. The molecule has 0 atom stereocenters. The van der Waals surface area contributed by atoms with Crippen LogP contribution in [0.4, 0.5) is 5.69 Å². The summed E-state index contributed by atoms with van der Waals surface area (Å²) in [6.45, 7) is 2.55. The molecule has 0 spiro atoms. The van der Waals surface area contributed by atoms with E-state index in [-0.39, 0.29) is 24.1 Å². The fourth-order valence-corrected chi connectivity index (χ4v) is 2.84. The van der Waals surface area contributed by atoms with Gasteiger partial charge in [-0.25, -0.2) is 4.98 Å². The summed E-state index contributed by atoms with van der Waals surface area (Å²) in [5.41, 5.74) is 3.01. The molecule has 2 N–H and O–H groups in total. The highest BCUT2D eigenvalue weighted by Crippen LogP contribution is 2.34. The van der Waals surface area contributed by atoms with Gasteiger partial charge in [0.05, 0.1) is 0 Å². The SMILES string of the molecule is Cc1ccc(CNC(=O)c2cccc(C(=O)Nc3ccc4c(c3)OCO4)n2)cc1. The molecule has 0 saturated heterocycles. The van der Waals surface area contributed by atoms with E-state index in [1.165, 1.54) is 0 Å². The van der Waals surface area contributed by atoms with Gasteiger partial charge in [-0.05, 0) is 36.8 Å². The highest BCUT2D eigenvalue weighted by atomic mass is 16.7. The summed E-state index contributed by atoms with van der Waals surface area (Å²) in [5.74, 6) is 0.439. The van der Waals surface area contributed by atoms with Crippen LogP contribution in [0.15, 0.2) is 60.7 Å². The number of nitrogens with one attached hydrogen (secondary N) is 2. The van der Waals surface area contributed by atoms with Gasteiger partial charge in [-0.2, -0.15) is 0 Å². The van der Waals surface area contributed by atoms with E-state index in [1.807, 2.05) is 31.2 Å². The molecule has 3 aromatic rings. The zero-order valence-corrected chi connectivity index (χ0v) is 15.8. The number of carbonyl (C=O) groups is 2. The first-order chi connectivity index (χ1) is 14.1. The van der Waals surface area contributed by atoms with Crippen molar-refractivity contribution < 1.29 is 19.1 Å². The summed E-state index contributed by atoms with van der Waals surface area (Å²) in [6.07, 6.45) is 0. The normalized spacial score (nSPS) is 11.8. The lowest BCUT2D eigenvalue weighted by atomic mass is 10.1. The second-order valence-electron chi connectivity index (χ2n) is 6.60. The van der Waals surface area contributed by atoms with Gasteiger partial charge in [0.1, 0.15) is 11.4 Å². The largest absolute Gasteiger partial charge is 0.454 e. The maximum Gasteiger partial charge on any atom is 0.274 e. The van der Waals surface area contributed by atoms with Crippen LogP contribution in [-0.4, -0.2) is 23.6 Å². The Hall–Kier alpha value is -3.87. The molecule has 7 heteroatoms. The molecule has 0 fully saturated rings. The highest BCUT2D eigenvalue weighted by molar-refractivity contribution is 6.04. The Bertz CT molecular complexity index is 1060. The first kappa shape index (κ1) is 18.5. The maximum absolute atomic E-state index is 12.5. The number of hydrogen-bond donors (Lipinski definition) is 2. The lowest BCUT2D eigenvalue weighted by Crippen LogP contribution is -2.25. The minimum atomic E-state index is -0.419. The van der Waals surface area contributed by atoms with E-state index in [4.69, 9.17) is 9.47 Å². The minimum Gasteiger partial charge on any atom is -0.454 e. The van der Waals surface area contributed by atoms with Gasteiger partial charge >= 0.3 is 0 Å². The average molecular weight is 389 g/mol. The zero-order valence-electron chi connectivity index (χ0n) is 15.8. The van der Waals surface area contributed by atoms with Crippen LogP contribution in [0.25, 0.3) is 0 Å². The van der Waals surface area contributed by atoms with Gasteiger partial charge in [-0.3, -0.25) is 9.59 Å². The second kappa shape index (κ2) is 8.02. The Morgan fingerprint density at radius 3 is 2.45 bits per heavy atom. The van der Waals surface area contributed by atoms with Crippen molar-refractivity contribution in [3.05, 3.63) is 83.2 Å². The first-order valence-electron chi connectivity index (χ1n) is 9.10. The molecule has 1 aliphatic rings. The van der Waals surface area contributed by atoms with Crippen LogP contribution in [0, 0.1) is 6.92 Å². The van der Waals surface area contributed by atoms with Crippen molar-refractivity contribution in [3.63, 3.8) is 0 Å². The number of nitrogens with zero attached hydrogens (tertiary/aromatic N) is 1. The number of anilines is 1. The van der Waals surface area contributed by atoms with Crippen molar-refractivity contribution in [2.45, 2.75) is 13.5 Å². The van der Waals surface area contributed by atoms with Crippen LogP contribution >= 0.6 is 0 Å². The molecule has 0 radical (unpaired) electrons. The quantitative estimate of drug-likeness (QED) is 0.699. The van der Waals surface area contributed by atoms with E-state index in [2.05, 4.69) is 15.6 Å². The third kappa shape index (κ3) is 4.35. The van der Waals surface area contributed by atoms with Crippen LogP contribution in [0.2, 0.25) is 0 Å². The van der Waals surface area contributed by atoms with Crippen LogP contribution in [0.1, 0.15) is 32.1 Å². The lowest BCUT2D eigenvalue weighted by molar-refractivity contribution is 0.0945. The van der Waals surface area contributed by atoms with Crippen molar-refractivity contribution in [2.75, 3.05) is 12.1 Å². The van der Waals surface area contributed by atoms with Crippen molar-refractivity contribution in [3.8, 4) is 11.5 Å². The topological polar surface area (TPSA) is 89.6 Å². The van der Waals surface area contributed by atoms with Gasteiger partial charge < -0.3 is 20.1 Å². The zero-order chi connectivity index (χ0) is 20.2. The van der Waals surface area contributed by atoms with Gasteiger partial charge in [0, 0.05) is 18.3 Å². The molecule has 1 aliphatic heterocycles. The Balaban J connectivity index is 1.41. The fraction of sp³-hybridized carbons (Fsp3) is 0.136. The van der Waals surface area contributed by atoms with Crippen molar-refractivity contribution in [1.82, 2.24) is 10.3 Å². The van der Waals surface area contributed by atoms with E-state index >= 15 is 0 Å². The molecule has 7 nitrogen and oxygen atoms in total. The Kier molecular flexibility index (Phi) is 5.11. The molecule has 146 valence electrons. The van der Waals surface area contributed by atoms with Gasteiger partial charge in [-0.15, -0.1) is 0 Å². The van der Waals surface area contributed by atoms with Gasteiger partial charge in [0.25, 0.3) is 11.8 Å². The molecule has 0 aliphatic carbocycles. The fourth-order valence-electron chi connectivity index (χ4n) is 2.84. The van der Waals surface area contributed by atoms with Gasteiger partial charge in [0.2, 0.25) is 6.79 Å². The number of hydrogen-bond acceptors (Lipinski definition) is 5. The number of aromatic nitrogens is 1. The number of pyridine rings is 1. The van der Waals surface area contributed by atoms with E-state index < -0.39 is 5.91 Å². The van der Waals surface area contributed by atoms with Crippen LogP contribution in [-0.2, 0) is 6.54 Å². The highest BCUT2D eigenvalue weighted by Gasteiger charge is 2.16. The molecule has 2 heterocycles. The van der Waals surface area contributed by atoms with E-state index in [0.717, 1.165) is 11.1 Å². The molecule has 2 amide bonds. The molecule has 0 unspecified atom stereocenters. The standard InChI is InChI=1S/C22H19N3O4/c1-14-5-7-15(8-6-14)12-23-21(26)17-3-2-4-18(25-17)22(27)24-16-9-10-19-20(11-16)29-13-28-19/h2-11H,12-13H2,1H3,(H,23,26)(H,24,27). The minimum absolute atomic E-state index is 0.144. The number of benzene rings is 2. The molecule has 0 bridgehead atoms. The monoisotopic (exact) mass is 389 g/mol. The van der Waals surface area contributed by atoms with E-state index in [0.29, 0.717) is 23.7 Å². The van der Waals surface area contributed by atoms with Crippen LogP contribution in [0.3, 0.4) is 0 Å². The third-order valence-corrected chi connectivity index (χ3v) is 4.42. The maximum atomic E-state index is 12.5. The summed E-state index contributed by atoms with van der Waals surface area (Å²) < 4.78 is 10.6. The smallest absolute Gasteiger partial charge is 0.274 e. The predicted octanol–water partition coefficient (Wildman–Crippen LogP) is 3.30. The predicted molar refractivity (Wildman–Crippen MR) is 107 cm³/mol. The molecular weight excluding hydrogens is 370 g/mol. The second-order valence-corrected chi connectivity index (χ2v) is 6.60. The summed E-state index contributed by atoms with van der Waals surface area (Å²) in [6, 6.07) is 17.8. The molecule has 1 aromatic heterocycles. The van der Waals surface area contributed by atoms with Crippen LogP contribution < -0.4 is 20.1 Å². The Labute approximate surface area is 167 Å². The number of aryl methyl sites for hydroxylation is 1. The molecule has 29 heavy (non-hydrogen) atoms. The number of fused-ring (bicyclic) bond motifs is 1. The third-order valence-electron chi connectivity index (χ3n) is 4.42. The van der Waals surface area contributed by atoms with Gasteiger partial charge in [0.15, 0.2) is 11.5 Å². The molecule has 2 aromatic carbocycles. The van der Waals surface area contributed by atoms with E-state index in [1.54, 1.807) is 36.4 Å². The summed E-state index contributed by atoms with van der Waals surface area (Å²) in [5, 5.41) is 5.56. The molecule has 0 saturated carbocycles. The number of ether oxygens (including phenoxy) is 2. The summed E-state index contributed by atoms with van der Waals surface area (Å²) in [7, 11) is 0. The number of amides is 2. The van der Waals surface area contributed by atoms with Crippen molar-refractivity contribution in [2.24, 2.45) is 0 Å².